The Bertz CT molecular complexity index is 431. The summed E-state index contributed by atoms with van der Waals surface area (Å²) in [5.74, 6) is -3.29. The third kappa shape index (κ3) is 1.85. The number of benzene rings is 1. The molecule has 6 nitrogen and oxygen atoms in total. The summed E-state index contributed by atoms with van der Waals surface area (Å²) in [7, 11) is 1.15. The minimum Gasteiger partial charge on any atom is -0.496 e. The molecular weight excluding hydrogens is 209 g/mol. The van der Waals surface area contributed by atoms with Crippen LogP contribution in [0.1, 0.15) is 10.4 Å². The van der Waals surface area contributed by atoms with E-state index in [2.05, 4.69) is 4.74 Å². The molecule has 0 aliphatic heterocycles. The molecule has 1 rings (SSSR count). The Morgan fingerprint density at radius 3 is 2.60 bits per heavy atom. The summed E-state index contributed by atoms with van der Waals surface area (Å²) in [5, 5.41) is 19.0. The fourth-order valence-corrected chi connectivity index (χ4v) is 1.06. The van der Waals surface area contributed by atoms with E-state index in [1.54, 1.807) is 0 Å². The second-order valence-corrected chi connectivity index (χ2v) is 2.54. The fraction of sp³-hybridized carbons (Fsp3) is 0.125. The summed E-state index contributed by atoms with van der Waals surface area (Å²) in [6.07, 6.45) is 0. The predicted molar refractivity (Wildman–Crippen MR) is 46.6 cm³/mol. The summed E-state index contributed by atoms with van der Waals surface area (Å²) in [4.78, 5) is 20.0. The number of hydrogen-bond acceptors (Lipinski definition) is 4. The molecule has 0 fully saturated rings. The lowest BCUT2D eigenvalue weighted by Gasteiger charge is -2.05. The van der Waals surface area contributed by atoms with Crippen LogP contribution in [0, 0.1) is 15.9 Å². The van der Waals surface area contributed by atoms with Crippen molar-refractivity contribution in [1.29, 1.82) is 0 Å². The van der Waals surface area contributed by atoms with Crippen LogP contribution in [0.15, 0.2) is 12.1 Å². The van der Waals surface area contributed by atoms with Gasteiger partial charge in [0.1, 0.15) is 11.3 Å². The van der Waals surface area contributed by atoms with Crippen LogP contribution in [-0.4, -0.2) is 23.1 Å². The van der Waals surface area contributed by atoms with E-state index < -0.39 is 28.0 Å². The lowest BCUT2D eigenvalue weighted by Crippen LogP contribution is -2.06. The van der Waals surface area contributed by atoms with Crippen LogP contribution in [0.2, 0.25) is 0 Å². The zero-order chi connectivity index (χ0) is 11.6. The van der Waals surface area contributed by atoms with Gasteiger partial charge in [0.15, 0.2) is 0 Å². The van der Waals surface area contributed by atoms with Gasteiger partial charge in [-0.15, -0.1) is 0 Å². The van der Waals surface area contributed by atoms with Gasteiger partial charge >= 0.3 is 11.7 Å². The number of nitro groups is 1. The highest BCUT2D eigenvalue weighted by Crippen LogP contribution is 2.28. The van der Waals surface area contributed by atoms with Crippen LogP contribution in [0.25, 0.3) is 0 Å². The Morgan fingerprint density at radius 2 is 2.20 bits per heavy atom. The second-order valence-electron chi connectivity index (χ2n) is 2.54. The summed E-state index contributed by atoms with van der Waals surface area (Å²) >= 11 is 0. The molecule has 0 aliphatic rings. The zero-order valence-corrected chi connectivity index (χ0v) is 7.56. The molecule has 0 aromatic heterocycles. The van der Waals surface area contributed by atoms with E-state index in [1.165, 1.54) is 0 Å². The van der Waals surface area contributed by atoms with Crippen molar-refractivity contribution < 1.29 is 24.0 Å². The molecule has 0 heterocycles. The molecule has 0 spiro atoms. The van der Waals surface area contributed by atoms with E-state index in [1.807, 2.05) is 0 Å². The summed E-state index contributed by atoms with van der Waals surface area (Å²) in [6.45, 7) is 0. The number of nitro benzene ring substituents is 1. The minimum atomic E-state index is -1.62. The Hall–Kier alpha value is -2.18. The summed E-state index contributed by atoms with van der Waals surface area (Å²) in [5.41, 5.74) is -1.74. The Kier molecular flexibility index (Phi) is 2.84. The number of nitrogens with zero attached hydrogens (tertiary/aromatic N) is 1. The van der Waals surface area contributed by atoms with Gasteiger partial charge in [0.05, 0.1) is 12.0 Å². The number of carboxylic acid groups (broad SMARTS) is 1. The van der Waals surface area contributed by atoms with Crippen molar-refractivity contribution >= 4 is 11.7 Å². The van der Waals surface area contributed by atoms with Crippen LogP contribution in [0.5, 0.6) is 5.75 Å². The molecule has 0 amide bonds. The number of hydrogen-bond donors (Lipinski definition) is 1. The fourth-order valence-electron chi connectivity index (χ4n) is 1.06. The zero-order valence-electron chi connectivity index (χ0n) is 7.56. The first-order valence-electron chi connectivity index (χ1n) is 3.73. The monoisotopic (exact) mass is 215 g/mol. The van der Waals surface area contributed by atoms with Crippen molar-refractivity contribution in [3.8, 4) is 5.75 Å². The topological polar surface area (TPSA) is 89.7 Å². The number of carbonyl (C=O) groups is 1. The van der Waals surface area contributed by atoms with E-state index in [-0.39, 0.29) is 5.75 Å². The molecule has 0 aliphatic carbocycles. The van der Waals surface area contributed by atoms with Gasteiger partial charge in [0.25, 0.3) is 0 Å². The van der Waals surface area contributed by atoms with Crippen LogP contribution in [0.4, 0.5) is 10.1 Å². The van der Waals surface area contributed by atoms with Crippen LogP contribution < -0.4 is 4.74 Å². The number of methoxy groups -OCH3 is 1. The lowest BCUT2D eigenvalue weighted by molar-refractivity contribution is -0.387. The van der Waals surface area contributed by atoms with Gasteiger partial charge in [0, 0.05) is 6.07 Å². The number of halogens is 1. The van der Waals surface area contributed by atoms with Crippen molar-refractivity contribution in [3.63, 3.8) is 0 Å². The SMILES string of the molecule is COc1ccc([N+](=O)[O-])c(F)c1C(=O)O. The highest BCUT2D eigenvalue weighted by Gasteiger charge is 2.25. The third-order valence-electron chi connectivity index (χ3n) is 1.71. The highest BCUT2D eigenvalue weighted by molar-refractivity contribution is 5.92. The van der Waals surface area contributed by atoms with Crippen LogP contribution >= 0.6 is 0 Å². The Balaban J connectivity index is 3.49. The molecule has 7 heteroatoms. The number of ether oxygens (including phenoxy) is 1. The maximum atomic E-state index is 13.3. The molecule has 80 valence electrons. The summed E-state index contributed by atoms with van der Waals surface area (Å²) < 4.78 is 17.9. The average Bonchev–Trinajstić information content (AvgIpc) is 2.15. The van der Waals surface area contributed by atoms with E-state index in [4.69, 9.17) is 5.11 Å². The van der Waals surface area contributed by atoms with Gasteiger partial charge < -0.3 is 9.84 Å². The van der Waals surface area contributed by atoms with Crippen molar-refractivity contribution in [1.82, 2.24) is 0 Å². The van der Waals surface area contributed by atoms with Crippen LogP contribution in [0.3, 0.4) is 0 Å². The van der Waals surface area contributed by atoms with Crippen molar-refractivity contribution in [2.45, 2.75) is 0 Å². The molecule has 1 N–H and O–H groups in total. The average molecular weight is 215 g/mol. The molecule has 0 radical (unpaired) electrons. The molecule has 1 aromatic carbocycles. The molecule has 0 atom stereocenters. The lowest BCUT2D eigenvalue weighted by atomic mass is 10.1. The van der Waals surface area contributed by atoms with Gasteiger partial charge in [-0.25, -0.2) is 4.79 Å². The van der Waals surface area contributed by atoms with Crippen molar-refractivity contribution in [2.75, 3.05) is 7.11 Å². The highest BCUT2D eigenvalue weighted by atomic mass is 19.1. The quantitative estimate of drug-likeness (QED) is 0.608. The van der Waals surface area contributed by atoms with Crippen LogP contribution in [-0.2, 0) is 0 Å². The predicted octanol–water partition coefficient (Wildman–Crippen LogP) is 1.44. The smallest absolute Gasteiger partial charge is 0.342 e. The molecule has 0 saturated heterocycles. The second kappa shape index (κ2) is 3.91. The first-order valence-corrected chi connectivity index (χ1v) is 3.73. The number of rotatable bonds is 3. The standard InChI is InChI=1S/C8H6FNO5/c1-15-5-3-2-4(10(13)14)7(9)6(5)8(11)12/h2-3H,1H3,(H,11,12). The molecular formula is C8H6FNO5. The normalized spacial score (nSPS) is 9.73. The number of aromatic carboxylic acids is 1. The largest absolute Gasteiger partial charge is 0.496 e. The molecule has 15 heavy (non-hydrogen) atoms. The molecule has 0 saturated carbocycles. The minimum absolute atomic E-state index is 0.259. The van der Waals surface area contributed by atoms with Gasteiger partial charge in [0.2, 0.25) is 5.82 Å². The van der Waals surface area contributed by atoms with Gasteiger partial charge in [-0.2, -0.15) is 4.39 Å². The summed E-state index contributed by atoms with van der Waals surface area (Å²) in [6, 6.07) is 1.88. The van der Waals surface area contributed by atoms with Gasteiger partial charge in [-0.05, 0) is 6.07 Å². The maximum absolute atomic E-state index is 13.3. The molecule has 1 aromatic rings. The van der Waals surface area contributed by atoms with E-state index in [9.17, 15) is 19.3 Å². The molecule has 0 unspecified atom stereocenters. The van der Waals surface area contributed by atoms with E-state index in [0.29, 0.717) is 0 Å². The Labute approximate surface area is 83.0 Å². The maximum Gasteiger partial charge on any atom is 0.342 e. The molecule has 0 bridgehead atoms. The Morgan fingerprint density at radius 1 is 1.60 bits per heavy atom. The third-order valence-corrected chi connectivity index (χ3v) is 1.71. The van der Waals surface area contributed by atoms with Gasteiger partial charge in [-0.1, -0.05) is 0 Å². The van der Waals surface area contributed by atoms with Crippen molar-refractivity contribution in [2.24, 2.45) is 0 Å². The van der Waals surface area contributed by atoms with Crippen molar-refractivity contribution in [3.05, 3.63) is 33.6 Å². The number of carboxylic acids is 1. The van der Waals surface area contributed by atoms with Gasteiger partial charge in [-0.3, -0.25) is 10.1 Å². The first kappa shape index (κ1) is 10.9. The first-order chi connectivity index (χ1) is 6.99. The van der Waals surface area contributed by atoms with E-state index in [0.717, 1.165) is 19.2 Å². The van der Waals surface area contributed by atoms with E-state index >= 15 is 0 Å².